The number of urea groups is 1. The van der Waals surface area contributed by atoms with Gasteiger partial charge in [-0.15, -0.1) is 0 Å². The molecule has 8 nitrogen and oxygen atoms in total. The van der Waals surface area contributed by atoms with E-state index >= 15 is 0 Å². The second-order valence-corrected chi connectivity index (χ2v) is 4.66. The van der Waals surface area contributed by atoms with Crippen LogP contribution >= 0.6 is 0 Å². The Kier molecular flexibility index (Phi) is 4.36. The third kappa shape index (κ3) is 3.28. The van der Waals surface area contributed by atoms with Gasteiger partial charge < -0.3 is 10.6 Å². The van der Waals surface area contributed by atoms with Gasteiger partial charge in [-0.2, -0.15) is 0 Å². The minimum atomic E-state index is -0.501. The van der Waals surface area contributed by atoms with Crippen molar-refractivity contribution < 1.29 is 14.5 Å². The second kappa shape index (κ2) is 6.21. The Bertz CT molecular complexity index is 572. The van der Waals surface area contributed by atoms with Crippen LogP contribution in [0.4, 0.5) is 16.2 Å². The number of imide groups is 1. The van der Waals surface area contributed by atoms with Gasteiger partial charge in [0.1, 0.15) is 0 Å². The highest BCUT2D eigenvalue weighted by molar-refractivity contribution is 6.01. The van der Waals surface area contributed by atoms with Crippen LogP contribution in [0, 0.1) is 10.1 Å². The van der Waals surface area contributed by atoms with Crippen LogP contribution in [-0.4, -0.2) is 34.9 Å². The highest BCUT2D eigenvalue weighted by Crippen LogP contribution is 2.24. The number of amides is 3. The van der Waals surface area contributed by atoms with Crippen LogP contribution in [0.3, 0.4) is 0 Å². The van der Waals surface area contributed by atoms with Gasteiger partial charge >= 0.3 is 6.03 Å². The quantitative estimate of drug-likeness (QED) is 0.469. The molecule has 1 saturated heterocycles. The molecule has 0 saturated carbocycles. The van der Waals surface area contributed by atoms with Crippen LogP contribution in [0.2, 0.25) is 0 Å². The molecule has 112 valence electrons. The van der Waals surface area contributed by atoms with E-state index in [0.29, 0.717) is 17.8 Å². The molecule has 0 bridgehead atoms. The smallest absolute Gasteiger partial charge is 0.324 e. The maximum absolute atomic E-state index is 11.6. The first kappa shape index (κ1) is 14.8. The molecule has 0 atom stereocenters. The van der Waals surface area contributed by atoms with E-state index in [4.69, 9.17) is 0 Å². The number of non-ortho nitro benzene ring substituents is 1. The summed E-state index contributed by atoms with van der Waals surface area (Å²) in [5, 5.41) is 16.4. The zero-order chi connectivity index (χ0) is 15.4. The number of carbonyl (C=O) groups excluding carboxylic acids is 2. The Hall–Kier alpha value is -2.64. The minimum Gasteiger partial charge on any atom is -0.385 e. The monoisotopic (exact) mass is 292 g/mol. The highest BCUT2D eigenvalue weighted by atomic mass is 16.6. The van der Waals surface area contributed by atoms with E-state index in [1.54, 1.807) is 6.07 Å². The van der Waals surface area contributed by atoms with Crippen molar-refractivity contribution in [3.8, 4) is 0 Å². The lowest BCUT2D eigenvalue weighted by Gasteiger charge is -2.16. The Balaban J connectivity index is 2.29. The van der Waals surface area contributed by atoms with Crippen LogP contribution in [0.1, 0.15) is 18.9 Å². The fourth-order valence-electron chi connectivity index (χ4n) is 2.04. The second-order valence-electron chi connectivity index (χ2n) is 4.66. The number of nitrogens with one attached hydrogen (secondary N) is 2. The molecule has 3 amide bonds. The topological polar surface area (TPSA) is 105 Å². The summed E-state index contributed by atoms with van der Waals surface area (Å²) in [5.41, 5.74) is 1.16. The Morgan fingerprint density at radius 3 is 2.76 bits per heavy atom. The number of hydrogen-bond donors (Lipinski definition) is 2. The Morgan fingerprint density at radius 1 is 1.43 bits per heavy atom. The summed E-state index contributed by atoms with van der Waals surface area (Å²) in [6.45, 7) is 2.67. The molecule has 8 heteroatoms. The van der Waals surface area contributed by atoms with Crippen LogP contribution in [-0.2, 0) is 11.3 Å². The number of nitrogens with zero attached hydrogens (tertiary/aromatic N) is 2. The number of benzene rings is 1. The lowest BCUT2D eigenvalue weighted by atomic mass is 10.1. The van der Waals surface area contributed by atoms with E-state index in [0.717, 1.165) is 11.3 Å². The maximum atomic E-state index is 11.6. The third-order valence-electron chi connectivity index (χ3n) is 3.13. The summed E-state index contributed by atoms with van der Waals surface area (Å²) >= 11 is 0. The van der Waals surface area contributed by atoms with Crippen LogP contribution in [0.5, 0.6) is 0 Å². The van der Waals surface area contributed by atoms with Crippen LogP contribution < -0.4 is 10.6 Å². The van der Waals surface area contributed by atoms with Gasteiger partial charge in [-0.25, -0.2) is 4.79 Å². The van der Waals surface area contributed by atoms with Crippen molar-refractivity contribution in [1.29, 1.82) is 0 Å². The molecule has 1 aromatic carbocycles. The van der Waals surface area contributed by atoms with Gasteiger partial charge in [0.25, 0.3) is 5.69 Å². The summed E-state index contributed by atoms with van der Waals surface area (Å²) < 4.78 is 0. The summed E-state index contributed by atoms with van der Waals surface area (Å²) in [4.78, 5) is 34.6. The van der Waals surface area contributed by atoms with Gasteiger partial charge in [0.15, 0.2) is 0 Å². The summed E-state index contributed by atoms with van der Waals surface area (Å²) in [7, 11) is 0. The first-order valence-corrected chi connectivity index (χ1v) is 6.62. The molecule has 1 heterocycles. The van der Waals surface area contributed by atoms with E-state index in [9.17, 15) is 19.7 Å². The predicted octanol–water partition coefficient (Wildman–Crippen LogP) is 1.47. The van der Waals surface area contributed by atoms with Crippen LogP contribution in [0.15, 0.2) is 18.2 Å². The molecular formula is C13H16N4O4. The lowest BCUT2D eigenvalue weighted by molar-refractivity contribution is -0.384. The van der Waals surface area contributed by atoms with Crippen molar-refractivity contribution in [2.75, 3.05) is 18.4 Å². The molecule has 2 rings (SSSR count). The van der Waals surface area contributed by atoms with Gasteiger partial charge in [0.2, 0.25) is 5.91 Å². The summed E-state index contributed by atoms with van der Waals surface area (Å²) in [6, 6.07) is 3.90. The zero-order valence-electron chi connectivity index (χ0n) is 11.6. The predicted molar refractivity (Wildman–Crippen MR) is 75.8 cm³/mol. The van der Waals surface area contributed by atoms with Crippen molar-refractivity contribution in [2.24, 2.45) is 0 Å². The molecule has 2 N–H and O–H groups in total. The van der Waals surface area contributed by atoms with Crippen molar-refractivity contribution in [2.45, 2.75) is 19.9 Å². The maximum Gasteiger partial charge on any atom is 0.324 e. The number of hydrogen-bond acceptors (Lipinski definition) is 5. The van der Waals surface area contributed by atoms with E-state index in [-0.39, 0.29) is 24.7 Å². The molecule has 0 radical (unpaired) electrons. The fraction of sp³-hybridized carbons (Fsp3) is 0.385. The molecule has 1 fully saturated rings. The normalized spacial score (nSPS) is 14.2. The third-order valence-corrected chi connectivity index (χ3v) is 3.13. The molecule has 1 aliphatic rings. The Labute approximate surface area is 121 Å². The summed E-state index contributed by atoms with van der Waals surface area (Å²) in [5.74, 6) is -0.340. The van der Waals surface area contributed by atoms with Crippen molar-refractivity contribution in [3.63, 3.8) is 0 Å². The van der Waals surface area contributed by atoms with Gasteiger partial charge in [0, 0.05) is 29.9 Å². The Morgan fingerprint density at radius 2 is 2.19 bits per heavy atom. The molecule has 0 aliphatic carbocycles. The molecule has 1 aliphatic heterocycles. The van der Waals surface area contributed by atoms with Gasteiger partial charge in [-0.3, -0.25) is 19.8 Å². The first-order chi connectivity index (χ1) is 10.0. The SMILES string of the molecule is CCCNc1ccc([N+](=O)[O-])cc1CN1C(=O)CNC1=O. The van der Waals surface area contributed by atoms with Crippen molar-refractivity contribution >= 4 is 23.3 Å². The number of nitro groups is 1. The standard InChI is InChI=1S/C13H16N4O4/c1-2-5-14-11-4-3-10(17(20)21)6-9(11)8-16-12(18)7-15-13(16)19/h3-4,6,14H,2,5,7-8H2,1H3,(H,15,19). The average molecular weight is 292 g/mol. The fourth-order valence-corrected chi connectivity index (χ4v) is 2.04. The van der Waals surface area contributed by atoms with Crippen molar-refractivity contribution in [3.05, 3.63) is 33.9 Å². The molecule has 1 aromatic rings. The number of rotatable bonds is 6. The molecule has 0 aromatic heterocycles. The molecule has 0 unspecified atom stereocenters. The average Bonchev–Trinajstić information content (AvgIpc) is 2.77. The molecular weight excluding hydrogens is 276 g/mol. The number of anilines is 1. The van der Waals surface area contributed by atoms with Crippen LogP contribution in [0.25, 0.3) is 0 Å². The molecule has 21 heavy (non-hydrogen) atoms. The van der Waals surface area contributed by atoms with E-state index < -0.39 is 11.0 Å². The number of nitro benzene ring substituents is 1. The van der Waals surface area contributed by atoms with Gasteiger partial charge in [-0.1, -0.05) is 6.92 Å². The van der Waals surface area contributed by atoms with Gasteiger partial charge in [0.05, 0.1) is 18.0 Å². The highest BCUT2D eigenvalue weighted by Gasteiger charge is 2.29. The molecule has 0 spiro atoms. The van der Waals surface area contributed by atoms with E-state index in [1.165, 1.54) is 12.1 Å². The zero-order valence-corrected chi connectivity index (χ0v) is 11.6. The lowest BCUT2D eigenvalue weighted by Crippen LogP contribution is -2.30. The largest absolute Gasteiger partial charge is 0.385 e. The van der Waals surface area contributed by atoms with E-state index in [2.05, 4.69) is 10.6 Å². The number of carbonyl (C=O) groups is 2. The first-order valence-electron chi connectivity index (χ1n) is 6.62. The van der Waals surface area contributed by atoms with Gasteiger partial charge in [-0.05, 0) is 12.5 Å². The summed E-state index contributed by atoms with van der Waals surface area (Å²) in [6.07, 6.45) is 0.888. The van der Waals surface area contributed by atoms with E-state index in [1.807, 2.05) is 6.92 Å². The van der Waals surface area contributed by atoms with Crippen molar-refractivity contribution in [1.82, 2.24) is 10.2 Å². The minimum absolute atomic E-state index is 0.0123.